The fraction of sp³-hybridized carbons (Fsp3) is 0.733. The third-order valence-electron chi connectivity index (χ3n) is 3.17. The first-order chi connectivity index (χ1) is 9.33. The van der Waals surface area contributed by atoms with E-state index < -0.39 is 5.60 Å². The van der Waals surface area contributed by atoms with E-state index in [9.17, 15) is 9.59 Å². The number of amides is 2. The third-order valence-corrected chi connectivity index (χ3v) is 3.17. The lowest BCUT2D eigenvalue weighted by Crippen LogP contribution is -2.44. The Bertz CT molecular complexity index is 353. The highest BCUT2D eigenvalue weighted by Gasteiger charge is 2.29. The Balaban J connectivity index is 2.34. The lowest BCUT2D eigenvalue weighted by atomic mass is 9.96. The molecule has 20 heavy (non-hydrogen) atoms. The predicted octanol–water partition coefficient (Wildman–Crippen LogP) is 2.33. The van der Waals surface area contributed by atoms with E-state index in [4.69, 9.17) is 4.74 Å². The molecule has 5 nitrogen and oxygen atoms in total. The molecule has 0 aromatic rings. The highest BCUT2D eigenvalue weighted by atomic mass is 16.6. The van der Waals surface area contributed by atoms with Gasteiger partial charge < -0.3 is 15.0 Å². The Morgan fingerprint density at radius 3 is 2.45 bits per heavy atom. The van der Waals surface area contributed by atoms with Gasteiger partial charge >= 0.3 is 6.09 Å². The number of piperidine rings is 1. The zero-order valence-corrected chi connectivity index (χ0v) is 12.8. The second-order valence-corrected chi connectivity index (χ2v) is 6.11. The molecule has 1 N–H and O–H groups in total. The van der Waals surface area contributed by atoms with E-state index in [1.54, 1.807) is 11.0 Å². The molecule has 0 aliphatic carbocycles. The molecule has 1 aliphatic rings. The molecule has 1 heterocycles. The predicted molar refractivity (Wildman–Crippen MR) is 78.4 cm³/mol. The fourth-order valence-corrected chi connectivity index (χ4v) is 2.09. The maximum absolute atomic E-state index is 11.9. The number of hydrogen-bond acceptors (Lipinski definition) is 3. The van der Waals surface area contributed by atoms with Crippen molar-refractivity contribution in [2.24, 2.45) is 5.92 Å². The molecular formula is C15H26N2O3. The number of likely N-dealkylation sites (tertiary alicyclic amines) is 1. The summed E-state index contributed by atoms with van der Waals surface area (Å²) in [6.07, 6.45) is 3.66. The first kappa shape index (κ1) is 16.5. The topological polar surface area (TPSA) is 58.6 Å². The van der Waals surface area contributed by atoms with Gasteiger partial charge in [0.1, 0.15) is 5.60 Å². The van der Waals surface area contributed by atoms with Gasteiger partial charge in [-0.1, -0.05) is 6.08 Å². The van der Waals surface area contributed by atoms with Gasteiger partial charge in [-0.2, -0.15) is 0 Å². The Morgan fingerprint density at radius 1 is 1.35 bits per heavy atom. The molecule has 0 unspecified atom stereocenters. The number of carbonyl (C=O) groups is 2. The minimum atomic E-state index is -0.476. The number of nitrogens with zero attached hydrogens (tertiary/aromatic N) is 1. The summed E-state index contributed by atoms with van der Waals surface area (Å²) in [5, 5.41) is 2.89. The number of hydrogen-bond donors (Lipinski definition) is 1. The van der Waals surface area contributed by atoms with Gasteiger partial charge in [0, 0.05) is 25.6 Å². The molecule has 0 aromatic heterocycles. The fourth-order valence-electron chi connectivity index (χ4n) is 2.09. The summed E-state index contributed by atoms with van der Waals surface area (Å²) in [5.41, 5.74) is -0.476. The van der Waals surface area contributed by atoms with Crippen LogP contribution in [0.4, 0.5) is 4.79 Å². The molecule has 2 amide bonds. The van der Waals surface area contributed by atoms with Crippen LogP contribution in [0.2, 0.25) is 0 Å². The van der Waals surface area contributed by atoms with Crippen LogP contribution >= 0.6 is 0 Å². The first-order valence-corrected chi connectivity index (χ1v) is 7.20. The molecule has 1 rings (SSSR count). The van der Waals surface area contributed by atoms with Crippen LogP contribution < -0.4 is 5.32 Å². The molecular weight excluding hydrogens is 256 g/mol. The van der Waals surface area contributed by atoms with Gasteiger partial charge in [0.2, 0.25) is 5.91 Å². The highest BCUT2D eigenvalue weighted by Crippen LogP contribution is 2.19. The molecule has 5 heteroatoms. The average Bonchev–Trinajstić information content (AvgIpc) is 2.37. The van der Waals surface area contributed by atoms with Crippen molar-refractivity contribution in [1.29, 1.82) is 0 Å². The number of rotatable bonds is 4. The molecule has 114 valence electrons. The summed E-state index contributed by atoms with van der Waals surface area (Å²) in [5.74, 6) is 0.0780. The van der Waals surface area contributed by atoms with Crippen LogP contribution in [-0.2, 0) is 9.53 Å². The number of nitrogens with one attached hydrogen (secondary N) is 1. The summed E-state index contributed by atoms with van der Waals surface area (Å²) in [6.45, 7) is 11.0. The van der Waals surface area contributed by atoms with Crippen molar-refractivity contribution in [2.75, 3.05) is 19.6 Å². The smallest absolute Gasteiger partial charge is 0.410 e. The van der Waals surface area contributed by atoms with Crippen LogP contribution in [0.3, 0.4) is 0 Å². The Hall–Kier alpha value is -1.52. The number of carbonyl (C=O) groups excluding carboxylic acids is 2. The minimum absolute atomic E-state index is 0.00139. The van der Waals surface area contributed by atoms with Crippen molar-refractivity contribution in [3.63, 3.8) is 0 Å². The Morgan fingerprint density at radius 2 is 1.95 bits per heavy atom. The van der Waals surface area contributed by atoms with Crippen molar-refractivity contribution >= 4 is 12.0 Å². The summed E-state index contributed by atoms with van der Waals surface area (Å²) in [4.78, 5) is 25.5. The second kappa shape index (κ2) is 7.31. The summed E-state index contributed by atoms with van der Waals surface area (Å²) in [7, 11) is 0. The molecule has 1 aliphatic heterocycles. The summed E-state index contributed by atoms with van der Waals surface area (Å²) < 4.78 is 5.33. The van der Waals surface area contributed by atoms with Gasteiger partial charge in [0.15, 0.2) is 0 Å². The zero-order valence-electron chi connectivity index (χ0n) is 12.8. The standard InChI is InChI=1S/C15H26N2O3/c1-5-6-9-16-13(18)12-7-10-17(11-8-12)14(19)20-15(2,3)4/h5,12H,1,6-11H2,2-4H3,(H,16,18). The molecule has 0 radical (unpaired) electrons. The average molecular weight is 282 g/mol. The van der Waals surface area contributed by atoms with Gasteiger partial charge in [-0.25, -0.2) is 4.79 Å². The Labute approximate surface area is 121 Å². The van der Waals surface area contributed by atoms with Crippen molar-refractivity contribution < 1.29 is 14.3 Å². The Kier molecular flexibility index (Phi) is 6.05. The van der Waals surface area contributed by atoms with Gasteiger partial charge in [0.05, 0.1) is 0 Å². The van der Waals surface area contributed by atoms with Gasteiger partial charge in [-0.15, -0.1) is 6.58 Å². The quantitative estimate of drug-likeness (QED) is 0.636. The van der Waals surface area contributed by atoms with Gasteiger partial charge in [-0.05, 0) is 40.0 Å². The van der Waals surface area contributed by atoms with Crippen LogP contribution in [0.1, 0.15) is 40.0 Å². The molecule has 0 aromatic carbocycles. The second-order valence-electron chi connectivity index (χ2n) is 6.11. The monoisotopic (exact) mass is 282 g/mol. The first-order valence-electron chi connectivity index (χ1n) is 7.20. The summed E-state index contributed by atoms with van der Waals surface area (Å²) >= 11 is 0. The minimum Gasteiger partial charge on any atom is -0.444 e. The normalized spacial score (nSPS) is 16.6. The summed E-state index contributed by atoms with van der Waals surface area (Å²) in [6, 6.07) is 0. The van der Waals surface area contributed by atoms with Crippen molar-refractivity contribution in [1.82, 2.24) is 10.2 Å². The van der Waals surface area contributed by atoms with Gasteiger partial charge in [-0.3, -0.25) is 4.79 Å². The lowest BCUT2D eigenvalue weighted by Gasteiger charge is -2.32. The largest absolute Gasteiger partial charge is 0.444 e. The maximum atomic E-state index is 11.9. The van der Waals surface area contributed by atoms with Crippen LogP contribution in [0.5, 0.6) is 0 Å². The van der Waals surface area contributed by atoms with Crippen LogP contribution in [0, 0.1) is 5.92 Å². The third kappa shape index (κ3) is 5.63. The van der Waals surface area contributed by atoms with E-state index >= 15 is 0 Å². The number of ether oxygens (including phenoxy) is 1. The van der Waals surface area contributed by atoms with E-state index in [1.807, 2.05) is 20.8 Å². The molecule has 1 fully saturated rings. The van der Waals surface area contributed by atoms with Crippen molar-refractivity contribution in [2.45, 2.75) is 45.6 Å². The highest BCUT2D eigenvalue weighted by molar-refractivity contribution is 5.79. The van der Waals surface area contributed by atoms with Crippen molar-refractivity contribution in [3.8, 4) is 0 Å². The van der Waals surface area contributed by atoms with E-state index in [-0.39, 0.29) is 17.9 Å². The van der Waals surface area contributed by atoms with E-state index in [1.165, 1.54) is 0 Å². The lowest BCUT2D eigenvalue weighted by molar-refractivity contribution is -0.126. The zero-order chi connectivity index (χ0) is 15.2. The van der Waals surface area contributed by atoms with Gasteiger partial charge in [0.25, 0.3) is 0 Å². The molecule has 0 atom stereocenters. The SMILES string of the molecule is C=CCCNC(=O)C1CCN(C(=O)OC(C)(C)C)CC1. The van der Waals surface area contributed by atoms with E-state index in [0.717, 1.165) is 6.42 Å². The van der Waals surface area contributed by atoms with Crippen LogP contribution in [0.15, 0.2) is 12.7 Å². The van der Waals surface area contributed by atoms with Crippen LogP contribution in [-0.4, -0.2) is 42.1 Å². The van der Waals surface area contributed by atoms with Crippen LogP contribution in [0.25, 0.3) is 0 Å². The van der Waals surface area contributed by atoms with E-state index in [2.05, 4.69) is 11.9 Å². The molecule has 0 bridgehead atoms. The molecule has 1 saturated heterocycles. The van der Waals surface area contributed by atoms with Crippen molar-refractivity contribution in [3.05, 3.63) is 12.7 Å². The van der Waals surface area contributed by atoms with E-state index in [0.29, 0.717) is 32.5 Å². The maximum Gasteiger partial charge on any atom is 0.410 e. The molecule has 0 saturated carbocycles. The molecule has 0 spiro atoms.